The van der Waals surface area contributed by atoms with Crippen molar-refractivity contribution in [3.8, 4) is 0 Å². The highest BCUT2D eigenvalue weighted by Gasteiger charge is 2.32. The highest BCUT2D eigenvalue weighted by atomic mass is 16.2. The summed E-state index contributed by atoms with van der Waals surface area (Å²) in [5.41, 5.74) is 7.23. The van der Waals surface area contributed by atoms with Gasteiger partial charge in [-0.2, -0.15) is 0 Å². The van der Waals surface area contributed by atoms with Gasteiger partial charge in [0.2, 0.25) is 5.91 Å². The molecule has 1 aromatic rings. The number of hydrogen-bond donors (Lipinski definition) is 1. The van der Waals surface area contributed by atoms with Gasteiger partial charge < -0.3 is 15.5 Å². The van der Waals surface area contributed by atoms with Crippen LogP contribution in [0.4, 0.5) is 5.82 Å². The van der Waals surface area contributed by atoms with E-state index in [0.29, 0.717) is 11.8 Å². The number of anilines is 1. The number of carbonyl (C=O) groups is 1. The van der Waals surface area contributed by atoms with Crippen molar-refractivity contribution < 1.29 is 4.79 Å². The first-order valence-corrected chi connectivity index (χ1v) is 9.26. The minimum Gasteiger partial charge on any atom is -0.357 e. The van der Waals surface area contributed by atoms with Crippen molar-refractivity contribution >= 4 is 11.7 Å². The van der Waals surface area contributed by atoms with Crippen molar-refractivity contribution in [1.82, 2.24) is 9.88 Å². The molecule has 0 aliphatic carbocycles. The van der Waals surface area contributed by atoms with Crippen molar-refractivity contribution in [1.29, 1.82) is 0 Å². The summed E-state index contributed by atoms with van der Waals surface area (Å²) < 4.78 is 0. The molecule has 2 atom stereocenters. The molecule has 5 nitrogen and oxygen atoms in total. The van der Waals surface area contributed by atoms with Gasteiger partial charge in [-0.1, -0.05) is 6.07 Å². The number of nitrogens with two attached hydrogens (primary N) is 1. The second-order valence-electron chi connectivity index (χ2n) is 7.50. The number of hydrogen-bond acceptors (Lipinski definition) is 4. The molecule has 0 aromatic carbocycles. The average molecular weight is 330 g/mol. The zero-order chi connectivity index (χ0) is 17.1. The predicted octanol–water partition coefficient (Wildman–Crippen LogP) is 2.19. The zero-order valence-electron chi connectivity index (χ0n) is 14.9. The summed E-state index contributed by atoms with van der Waals surface area (Å²) >= 11 is 0. The molecule has 2 saturated heterocycles. The fraction of sp³-hybridized carbons (Fsp3) is 0.684. The van der Waals surface area contributed by atoms with E-state index in [1.54, 1.807) is 0 Å². The molecule has 0 saturated carbocycles. The van der Waals surface area contributed by atoms with Crippen LogP contribution in [0.25, 0.3) is 0 Å². The average Bonchev–Trinajstić information content (AvgIpc) is 2.62. The molecule has 2 aliphatic heterocycles. The lowest BCUT2D eigenvalue weighted by molar-refractivity contribution is -0.138. The Morgan fingerprint density at radius 3 is 2.62 bits per heavy atom. The van der Waals surface area contributed by atoms with Crippen LogP contribution in [0.5, 0.6) is 0 Å². The number of nitrogens with zero attached hydrogens (tertiary/aromatic N) is 3. The highest BCUT2D eigenvalue weighted by Crippen LogP contribution is 2.26. The van der Waals surface area contributed by atoms with Crippen molar-refractivity contribution in [2.75, 3.05) is 31.1 Å². The Morgan fingerprint density at radius 1 is 1.25 bits per heavy atom. The molecule has 1 aromatic heterocycles. The molecule has 1 amide bonds. The molecule has 0 radical (unpaired) electrons. The molecule has 5 heteroatoms. The van der Waals surface area contributed by atoms with Gasteiger partial charge in [0.1, 0.15) is 5.82 Å². The molecule has 132 valence electrons. The molecule has 3 heterocycles. The number of piperidine rings is 2. The normalized spacial score (nSPS) is 24.0. The third-order valence-electron chi connectivity index (χ3n) is 5.58. The fourth-order valence-corrected chi connectivity index (χ4v) is 3.90. The summed E-state index contributed by atoms with van der Waals surface area (Å²) in [4.78, 5) is 21.7. The van der Waals surface area contributed by atoms with E-state index < -0.39 is 0 Å². The van der Waals surface area contributed by atoms with Crippen LogP contribution in [0.2, 0.25) is 0 Å². The molecular formula is C19H30N4O. The summed E-state index contributed by atoms with van der Waals surface area (Å²) in [5.74, 6) is 2.00. The Balaban J connectivity index is 1.54. The van der Waals surface area contributed by atoms with Crippen LogP contribution in [0, 0.1) is 18.8 Å². The Bertz CT molecular complexity index is 549. The van der Waals surface area contributed by atoms with E-state index in [2.05, 4.69) is 40.8 Å². The standard InChI is InChI=1S/C19H30N4O/c1-14-5-6-18(21-12-14)22-10-7-16(8-11-22)19(24)23-9-3-4-17(13-23)15(2)20/h5-6,12,15-17H,3-4,7-11,13,20H2,1-2H3/t15-,17+/m0/s1. The first-order chi connectivity index (χ1) is 11.5. The van der Waals surface area contributed by atoms with Crippen LogP contribution >= 0.6 is 0 Å². The predicted molar refractivity (Wildman–Crippen MR) is 96.9 cm³/mol. The van der Waals surface area contributed by atoms with Gasteiger partial charge in [0.25, 0.3) is 0 Å². The minimum absolute atomic E-state index is 0.165. The lowest BCUT2D eigenvalue weighted by atomic mass is 9.89. The monoisotopic (exact) mass is 330 g/mol. The molecule has 0 spiro atoms. The highest BCUT2D eigenvalue weighted by molar-refractivity contribution is 5.79. The van der Waals surface area contributed by atoms with Crippen molar-refractivity contribution in [3.05, 3.63) is 23.9 Å². The molecule has 2 aliphatic rings. The van der Waals surface area contributed by atoms with E-state index in [4.69, 9.17) is 5.73 Å². The Morgan fingerprint density at radius 2 is 2.00 bits per heavy atom. The second-order valence-corrected chi connectivity index (χ2v) is 7.50. The SMILES string of the molecule is Cc1ccc(N2CCC(C(=O)N3CCC[C@@H]([C@H](C)N)C3)CC2)nc1. The summed E-state index contributed by atoms with van der Waals surface area (Å²) in [6, 6.07) is 4.35. The number of likely N-dealkylation sites (tertiary alicyclic amines) is 1. The second kappa shape index (κ2) is 7.51. The largest absolute Gasteiger partial charge is 0.357 e. The van der Waals surface area contributed by atoms with Crippen molar-refractivity contribution in [2.24, 2.45) is 17.6 Å². The quantitative estimate of drug-likeness (QED) is 0.923. The van der Waals surface area contributed by atoms with E-state index in [1.165, 1.54) is 5.56 Å². The molecule has 0 unspecified atom stereocenters. The number of amides is 1. The fourth-order valence-electron chi connectivity index (χ4n) is 3.90. The Hall–Kier alpha value is -1.62. The van der Waals surface area contributed by atoms with E-state index >= 15 is 0 Å². The van der Waals surface area contributed by atoms with E-state index in [0.717, 1.165) is 57.7 Å². The maximum atomic E-state index is 12.9. The van der Waals surface area contributed by atoms with E-state index in [-0.39, 0.29) is 12.0 Å². The number of rotatable bonds is 3. The summed E-state index contributed by atoms with van der Waals surface area (Å²) in [6.45, 7) is 7.69. The molecule has 2 fully saturated rings. The van der Waals surface area contributed by atoms with Crippen LogP contribution in [-0.2, 0) is 4.79 Å². The van der Waals surface area contributed by atoms with Crippen LogP contribution in [0.1, 0.15) is 38.2 Å². The number of aryl methyl sites for hydroxylation is 1. The zero-order valence-corrected chi connectivity index (χ0v) is 14.9. The lowest BCUT2D eigenvalue weighted by Crippen LogP contribution is -2.49. The molecule has 2 N–H and O–H groups in total. The lowest BCUT2D eigenvalue weighted by Gasteiger charge is -2.39. The van der Waals surface area contributed by atoms with Crippen LogP contribution in [0.15, 0.2) is 18.3 Å². The molecule has 24 heavy (non-hydrogen) atoms. The third-order valence-corrected chi connectivity index (χ3v) is 5.58. The van der Waals surface area contributed by atoms with Crippen molar-refractivity contribution in [2.45, 2.75) is 45.6 Å². The number of carbonyl (C=O) groups excluding carboxylic acids is 1. The topological polar surface area (TPSA) is 62.5 Å². The van der Waals surface area contributed by atoms with Gasteiger partial charge in [0.05, 0.1) is 0 Å². The summed E-state index contributed by atoms with van der Waals surface area (Å²) in [6.07, 6.45) is 6.00. The van der Waals surface area contributed by atoms with E-state index in [1.807, 2.05) is 6.20 Å². The maximum absolute atomic E-state index is 12.9. The molecular weight excluding hydrogens is 300 g/mol. The van der Waals surface area contributed by atoms with Gasteiger partial charge in [-0.15, -0.1) is 0 Å². The van der Waals surface area contributed by atoms with Gasteiger partial charge in [-0.05, 0) is 57.1 Å². The summed E-state index contributed by atoms with van der Waals surface area (Å²) in [5, 5.41) is 0. The van der Waals surface area contributed by atoms with Gasteiger partial charge in [-0.3, -0.25) is 4.79 Å². The van der Waals surface area contributed by atoms with Crippen molar-refractivity contribution in [3.63, 3.8) is 0 Å². The molecule has 0 bridgehead atoms. The number of pyridine rings is 1. The van der Waals surface area contributed by atoms with Gasteiger partial charge in [0.15, 0.2) is 0 Å². The number of aromatic nitrogens is 1. The summed E-state index contributed by atoms with van der Waals surface area (Å²) in [7, 11) is 0. The first-order valence-electron chi connectivity index (χ1n) is 9.26. The smallest absolute Gasteiger partial charge is 0.225 e. The van der Waals surface area contributed by atoms with Crippen LogP contribution in [0.3, 0.4) is 0 Å². The van der Waals surface area contributed by atoms with Gasteiger partial charge >= 0.3 is 0 Å². The van der Waals surface area contributed by atoms with Gasteiger partial charge in [-0.25, -0.2) is 4.98 Å². The van der Waals surface area contributed by atoms with Crippen LogP contribution < -0.4 is 10.6 Å². The minimum atomic E-state index is 0.165. The Kier molecular flexibility index (Phi) is 5.39. The Labute approximate surface area is 145 Å². The van der Waals surface area contributed by atoms with E-state index in [9.17, 15) is 4.79 Å². The third kappa shape index (κ3) is 3.89. The molecule has 3 rings (SSSR count). The maximum Gasteiger partial charge on any atom is 0.225 e. The first kappa shape index (κ1) is 17.2. The van der Waals surface area contributed by atoms with Crippen LogP contribution in [-0.4, -0.2) is 48.0 Å². The van der Waals surface area contributed by atoms with Gasteiger partial charge in [0, 0.05) is 44.3 Å².